The predicted octanol–water partition coefficient (Wildman–Crippen LogP) is -3.94. The number of nitrogen functional groups attached to an aromatic ring is 2. The molecular formula is C4H7IN4. The van der Waals surface area contributed by atoms with Gasteiger partial charge in [-0.1, -0.05) is 4.98 Å². The molecule has 0 aliphatic rings. The van der Waals surface area contributed by atoms with E-state index in [4.69, 9.17) is 11.5 Å². The number of anilines is 2. The maximum atomic E-state index is 5.25. The van der Waals surface area contributed by atoms with Crippen LogP contribution in [0.5, 0.6) is 0 Å². The van der Waals surface area contributed by atoms with Gasteiger partial charge >= 0.3 is 5.95 Å². The summed E-state index contributed by atoms with van der Waals surface area (Å²) < 4.78 is 0. The fourth-order valence-corrected chi connectivity index (χ4v) is 0.421. The summed E-state index contributed by atoms with van der Waals surface area (Å²) in [4.78, 5) is 6.33. The summed E-state index contributed by atoms with van der Waals surface area (Å²) in [5.74, 6) is 0.770. The summed E-state index contributed by atoms with van der Waals surface area (Å²) in [5.41, 5.74) is 10.5. The second kappa shape index (κ2) is 3.44. The van der Waals surface area contributed by atoms with Gasteiger partial charge in [0.2, 0.25) is 5.82 Å². The van der Waals surface area contributed by atoms with Crippen LogP contribution in [-0.2, 0) is 0 Å². The van der Waals surface area contributed by atoms with Crippen LogP contribution in [0.1, 0.15) is 0 Å². The third-order valence-electron chi connectivity index (χ3n) is 0.735. The molecule has 1 aromatic heterocycles. The van der Waals surface area contributed by atoms with Crippen molar-refractivity contribution in [1.82, 2.24) is 4.98 Å². The molecule has 0 amide bonds. The minimum absolute atomic E-state index is 0. The first-order chi connectivity index (χ1) is 3.79. The van der Waals surface area contributed by atoms with Crippen LogP contribution in [0.25, 0.3) is 0 Å². The summed E-state index contributed by atoms with van der Waals surface area (Å²) in [6.45, 7) is 0. The highest BCUT2D eigenvalue weighted by Crippen LogP contribution is 1.90. The molecule has 0 unspecified atom stereocenters. The minimum Gasteiger partial charge on any atom is -1.00 e. The molecule has 0 saturated heterocycles. The standard InChI is InChI=1S/C4H6N4.HI/c5-3-1-2-7-4(6)8-3;/h1-2H,(H4,5,6,7,8);1H. The third kappa shape index (κ3) is 2.45. The van der Waals surface area contributed by atoms with Crippen LogP contribution in [0.15, 0.2) is 12.3 Å². The van der Waals surface area contributed by atoms with Crippen molar-refractivity contribution in [3.63, 3.8) is 0 Å². The number of hydrogen-bond donors (Lipinski definition) is 2. The van der Waals surface area contributed by atoms with Crippen molar-refractivity contribution < 1.29 is 29.0 Å². The molecule has 0 saturated carbocycles. The lowest BCUT2D eigenvalue weighted by molar-refractivity contribution is -0.364. The van der Waals surface area contributed by atoms with Gasteiger partial charge < -0.3 is 29.7 Å². The molecule has 1 aromatic rings. The van der Waals surface area contributed by atoms with Crippen molar-refractivity contribution in [2.45, 2.75) is 0 Å². The van der Waals surface area contributed by atoms with Crippen molar-refractivity contribution >= 4 is 11.8 Å². The second-order valence-corrected chi connectivity index (χ2v) is 1.40. The van der Waals surface area contributed by atoms with Crippen molar-refractivity contribution in [1.29, 1.82) is 0 Å². The molecule has 0 fully saturated rings. The third-order valence-corrected chi connectivity index (χ3v) is 0.735. The van der Waals surface area contributed by atoms with Gasteiger partial charge in [-0.2, -0.15) is 0 Å². The zero-order chi connectivity index (χ0) is 5.98. The van der Waals surface area contributed by atoms with Crippen LogP contribution >= 0.6 is 0 Å². The van der Waals surface area contributed by atoms with Crippen molar-refractivity contribution in [3.8, 4) is 0 Å². The molecule has 0 aliphatic carbocycles. The number of H-pyrrole nitrogens is 1. The number of halogens is 1. The van der Waals surface area contributed by atoms with Gasteiger partial charge in [0, 0.05) is 6.07 Å². The molecule has 5 heteroatoms. The summed E-state index contributed by atoms with van der Waals surface area (Å²) in [6.07, 6.45) is 1.64. The topological polar surface area (TPSA) is 79.1 Å². The zero-order valence-electron chi connectivity index (χ0n) is 4.63. The van der Waals surface area contributed by atoms with Crippen LogP contribution < -0.4 is 40.4 Å². The first-order valence-corrected chi connectivity index (χ1v) is 2.19. The van der Waals surface area contributed by atoms with Gasteiger partial charge in [-0.05, 0) is 0 Å². The number of nitrogens with one attached hydrogen (secondary N) is 1. The van der Waals surface area contributed by atoms with Crippen molar-refractivity contribution in [2.24, 2.45) is 0 Å². The van der Waals surface area contributed by atoms with E-state index in [1.54, 1.807) is 12.3 Å². The number of nitrogens with two attached hydrogens (primary N) is 2. The molecule has 0 radical (unpaired) electrons. The zero-order valence-corrected chi connectivity index (χ0v) is 6.79. The van der Waals surface area contributed by atoms with E-state index in [0.29, 0.717) is 11.8 Å². The van der Waals surface area contributed by atoms with Gasteiger partial charge in [-0.25, -0.2) is 4.98 Å². The normalized spacial score (nSPS) is 8.00. The Morgan fingerprint density at radius 3 is 2.44 bits per heavy atom. The summed E-state index contributed by atoms with van der Waals surface area (Å²) >= 11 is 0. The summed E-state index contributed by atoms with van der Waals surface area (Å²) in [6, 6.07) is 1.64. The number of rotatable bonds is 0. The molecule has 0 bridgehead atoms. The maximum absolute atomic E-state index is 5.25. The van der Waals surface area contributed by atoms with Crippen LogP contribution in [0.4, 0.5) is 11.8 Å². The lowest BCUT2D eigenvalue weighted by Gasteiger charge is -1.81. The highest BCUT2D eigenvalue weighted by Gasteiger charge is 1.93. The van der Waals surface area contributed by atoms with Gasteiger partial charge in [0.1, 0.15) is 0 Å². The molecular weight excluding hydrogens is 231 g/mol. The fraction of sp³-hybridized carbons (Fsp3) is 0. The number of hydrogen-bond acceptors (Lipinski definition) is 3. The average molecular weight is 238 g/mol. The van der Waals surface area contributed by atoms with Gasteiger partial charge in [0.15, 0.2) is 0 Å². The minimum atomic E-state index is 0. The number of aromatic amines is 1. The highest BCUT2D eigenvalue weighted by molar-refractivity contribution is 5.27. The van der Waals surface area contributed by atoms with E-state index in [0.717, 1.165) is 0 Å². The average Bonchev–Trinajstić information content (AvgIpc) is 1.64. The Morgan fingerprint density at radius 2 is 2.11 bits per heavy atom. The van der Waals surface area contributed by atoms with Crippen LogP contribution in [0.2, 0.25) is 0 Å². The Hall–Kier alpha value is -0.590. The second-order valence-electron chi connectivity index (χ2n) is 1.40. The molecule has 9 heavy (non-hydrogen) atoms. The smallest absolute Gasteiger partial charge is 0.388 e. The quantitative estimate of drug-likeness (QED) is 0.453. The summed E-state index contributed by atoms with van der Waals surface area (Å²) in [7, 11) is 0. The lowest BCUT2D eigenvalue weighted by atomic mass is 10.6. The SMILES string of the molecule is Nc1cc[nH+]c(N)n1.[I-]. The fourth-order valence-electron chi connectivity index (χ4n) is 0.421. The Labute approximate surface area is 69.7 Å². The molecule has 1 rings (SSSR count). The maximum Gasteiger partial charge on any atom is 0.388 e. The van der Waals surface area contributed by atoms with Gasteiger partial charge in [-0.3, -0.25) is 5.73 Å². The van der Waals surface area contributed by atoms with E-state index in [2.05, 4.69) is 9.97 Å². The van der Waals surface area contributed by atoms with Crippen molar-refractivity contribution in [3.05, 3.63) is 12.3 Å². The molecule has 4 nitrogen and oxygen atoms in total. The summed E-state index contributed by atoms with van der Waals surface area (Å²) in [5, 5.41) is 0. The molecule has 0 atom stereocenters. The van der Waals surface area contributed by atoms with E-state index in [-0.39, 0.29) is 24.0 Å². The number of aromatic nitrogens is 2. The van der Waals surface area contributed by atoms with E-state index < -0.39 is 0 Å². The molecule has 5 N–H and O–H groups in total. The largest absolute Gasteiger partial charge is 1.00 e. The van der Waals surface area contributed by atoms with E-state index in [1.165, 1.54) is 0 Å². The highest BCUT2D eigenvalue weighted by atomic mass is 127. The first-order valence-electron chi connectivity index (χ1n) is 2.19. The monoisotopic (exact) mass is 238 g/mol. The lowest BCUT2D eigenvalue weighted by Crippen LogP contribution is -3.00. The Morgan fingerprint density at radius 1 is 1.44 bits per heavy atom. The molecule has 50 valence electrons. The van der Waals surface area contributed by atoms with Crippen LogP contribution in [-0.4, -0.2) is 4.98 Å². The molecule has 0 aromatic carbocycles. The van der Waals surface area contributed by atoms with Crippen molar-refractivity contribution in [2.75, 3.05) is 11.5 Å². The molecule has 0 aliphatic heterocycles. The Kier molecular flexibility index (Phi) is 3.21. The number of nitrogens with zero attached hydrogens (tertiary/aromatic N) is 1. The van der Waals surface area contributed by atoms with E-state index in [9.17, 15) is 0 Å². The van der Waals surface area contributed by atoms with E-state index >= 15 is 0 Å². The van der Waals surface area contributed by atoms with E-state index in [1.807, 2.05) is 0 Å². The van der Waals surface area contributed by atoms with Gasteiger partial charge in [-0.15, -0.1) is 0 Å². The van der Waals surface area contributed by atoms with Crippen LogP contribution in [0.3, 0.4) is 0 Å². The molecule has 1 heterocycles. The molecule has 0 spiro atoms. The van der Waals surface area contributed by atoms with Gasteiger partial charge in [0.05, 0.1) is 6.20 Å². The Bertz CT molecular complexity index is 172. The first kappa shape index (κ1) is 8.41. The van der Waals surface area contributed by atoms with Gasteiger partial charge in [0.25, 0.3) is 0 Å². The Balaban J connectivity index is 0.000000640. The van der Waals surface area contributed by atoms with Crippen LogP contribution in [0, 0.1) is 0 Å². The predicted molar refractivity (Wildman–Crippen MR) is 29.6 cm³/mol.